The number of nitrogens with zero attached hydrogens (tertiary/aromatic N) is 2. The summed E-state index contributed by atoms with van der Waals surface area (Å²) < 4.78 is 10.6. The Bertz CT molecular complexity index is 973. The van der Waals surface area contributed by atoms with Gasteiger partial charge in [0.05, 0.1) is 19.2 Å². The van der Waals surface area contributed by atoms with E-state index in [1.807, 2.05) is 6.07 Å². The number of amides is 1. The second-order valence-electron chi connectivity index (χ2n) is 6.43. The molecule has 0 fully saturated rings. The normalized spacial score (nSPS) is 10.8. The van der Waals surface area contributed by atoms with Crippen molar-refractivity contribution in [1.29, 1.82) is 0 Å². The lowest BCUT2D eigenvalue weighted by Crippen LogP contribution is -2.14. The molecule has 0 radical (unpaired) electrons. The van der Waals surface area contributed by atoms with Gasteiger partial charge in [-0.25, -0.2) is 9.97 Å². The van der Waals surface area contributed by atoms with Gasteiger partial charge in [-0.15, -0.1) is 0 Å². The number of methoxy groups -OCH3 is 1. The fourth-order valence-corrected chi connectivity index (χ4v) is 2.47. The fourth-order valence-electron chi connectivity index (χ4n) is 2.47. The second kappa shape index (κ2) is 7.90. The molecule has 0 aliphatic heterocycles. The minimum atomic E-state index is -0.532. The second-order valence-corrected chi connectivity index (χ2v) is 6.43. The van der Waals surface area contributed by atoms with E-state index in [0.29, 0.717) is 24.1 Å². The van der Waals surface area contributed by atoms with Gasteiger partial charge in [-0.05, 0) is 30.2 Å². The highest BCUT2D eigenvalue weighted by molar-refractivity contribution is 6.05. The Hall–Kier alpha value is -3.35. The van der Waals surface area contributed by atoms with Gasteiger partial charge in [-0.3, -0.25) is 4.79 Å². The zero-order chi connectivity index (χ0) is 19.4. The summed E-state index contributed by atoms with van der Waals surface area (Å²) in [7, 11) is 1.41. The van der Waals surface area contributed by atoms with Gasteiger partial charge in [0.1, 0.15) is 0 Å². The number of hydrogen-bond donors (Lipinski definition) is 2. The van der Waals surface area contributed by atoms with E-state index in [1.165, 1.54) is 19.4 Å². The number of rotatable bonds is 6. The third-order valence-electron chi connectivity index (χ3n) is 3.81. The van der Waals surface area contributed by atoms with Gasteiger partial charge in [0.2, 0.25) is 5.88 Å². The molecule has 0 aliphatic carbocycles. The summed E-state index contributed by atoms with van der Waals surface area (Å²) >= 11 is 0. The van der Waals surface area contributed by atoms with Crippen LogP contribution in [0.2, 0.25) is 0 Å². The van der Waals surface area contributed by atoms with Crippen molar-refractivity contribution in [3.63, 3.8) is 0 Å². The highest BCUT2D eigenvalue weighted by Gasteiger charge is 2.17. The number of pyridine rings is 2. The van der Waals surface area contributed by atoms with Crippen LogP contribution in [-0.2, 0) is 0 Å². The maximum absolute atomic E-state index is 12.4. The molecular weight excluding hydrogens is 346 g/mol. The highest BCUT2D eigenvalue weighted by Crippen LogP contribution is 2.28. The quantitative estimate of drug-likeness (QED) is 0.691. The average molecular weight is 367 g/mol. The number of nitrogens with one attached hydrogen (secondary N) is 1. The molecule has 3 rings (SSSR count). The van der Waals surface area contributed by atoms with E-state index in [9.17, 15) is 9.90 Å². The summed E-state index contributed by atoms with van der Waals surface area (Å²) in [5.74, 6) is 0.342. The molecule has 2 aromatic heterocycles. The lowest BCUT2D eigenvalue weighted by molar-refractivity contribution is 0.101. The Kier molecular flexibility index (Phi) is 5.40. The van der Waals surface area contributed by atoms with E-state index in [4.69, 9.17) is 9.47 Å². The van der Waals surface area contributed by atoms with Gasteiger partial charge in [0.25, 0.3) is 5.91 Å². The van der Waals surface area contributed by atoms with Crippen LogP contribution in [0.3, 0.4) is 0 Å². The summed E-state index contributed by atoms with van der Waals surface area (Å²) in [6, 6.07) is 10.5. The van der Waals surface area contributed by atoms with E-state index in [1.54, 1.807) is 24.3 Å². The number of fused-ring (bicyclic) bond motifs is 1. The van der Waals surface area contributed by atoms with Crippen molar-refractivity contribution in [2.75, 3.05) is 19.0 Å². The summed E-state index contributed by atoms with van der Waals surface area (Å²) in [5.41, 5.74) is 1.22. The number of hydrogen-bond acceptors (Lipinski definition) is 6. The van der Waals surface area contributed by atoms with Crippen molar-refractivity contribution in [2.45, 2.75) is 13.8 Å². The minimum absolute atomic E-state index is 0.106. The largest absolute Gasteiger partial charge is 0.503 e. The van der Waals surface area contributed by atoms with Gasteiger partial charge in [-0.1, -0.05) is 13.8 Å². The topological polar surface area (TPSA) is 93.6 Å². The maximum Gasteiger partial charge on any atom is 0.278 e. The van der Waals surface area contributed by atoms with E-state index in [2.05, 4.69) is 29.1 Å². The van der Waals surface area contributed by atoms with Crippen LogP contribution in [-0.4, -0.2) is 34.7 Å². The predicted molar refractivity (Wildman–Crippen MR) is 102 cm³/mol. The summed E-state index contributed by atoms with van der Waals surface area (Å²) in [6.07, 6.45) is 1.40. The van der Waals surface area contributed by atoms with Gasteiger partial charge in [-0.2, -0.15) is 0 Å². The molecule has 0 spiro atoms. The smallest absolute Gasteiger partial charge is 0.278 e. The van der Waals surface area contributed by atoms with Crippen LogP contribution in [0, 0.1) is 5.92 Å². The van der Waals surface area contributed by atoms with Crippen molar-refractivity contribution < 1.29 is 19.4 Å². The first-order valence-electron chi connectivity index (χ1n) is 8.55. The fraction of sp³-hybridized carbons (Fsp3) is 0.250. The third kappa shape index (κ3) is 4.25. The number of aromatic hydroxyl groups is 1. The van der Waals surface area contributed by atoms with Crippen LogP contribution < -0.4 is 14.8 Å². The van der Waals surface area contributed by atoms with Crippen LogP contribution in [0.4, 0.5) is 5.69 Å². The summed E-state index contributed by atoms with van der Waals surface area (Å²) in [5, 5.41) is 13.6. The molecule has 3 aromatic rings. The number of aromatic nitrogens is 2. The standard InChI is InChI=1S/C20H21N3O4/c1-12(2)11-27-17-7-4-13-10-14(5-6-15(13)23-17)22-20(25)18-19(24)16(26-3)8-9-21-18/h4-10,12,24H,11H2,1-3H3,(H,22,25). The molecule has 0 aliphatic rings. The molecule has 2 N–H and O–H groups in total. The molecule has 140 valence electrons. The zero-order valence-electron chi connectivity index (χ0n) is 15.4. The SMILES string of the molecule is COc1ccnc(C(=O)Nc2ccc3nc(OCC(C)C)ccc3c2)c1O. The molecule has 0 atom stereocenters. The van der Waals surface area contributed by atoms with Gasteiger partial charge in [0, 0.05) is 29.4 Å². The van der Waals surface area contributed by atoms with Crippen LogP contribution >= 0.6 is 0 Å². The molecule has 0 bridgehead atoms. The number of ether oxygens (including phenoxy) is 2. The lowest BCUT2D eigenvalue weighted by Gasteiger charge is -2.10. The van der Waals surface area contributed by atoms with Crippen molar-refractivity contribution in [2.24, 2.45) is 5.92 Å². The molecule has 7 heteroatoms. The summed E-state index contributed by atoms with van der Waals surface area (Å²) in [6.45, 7) is 4.75. The number of carbonyl (C=O) groups excluding carboxylic acids is 1. The minimum Gasteiger partial charge on any atom is -0.503 e. The number of benzene rings is 1. The first-order chi connectivity index (χ1) is 13.0. The monoisotopic (exact) mass is 367 g/mol. The molecule has 7 nitrogen and oxygen atoms in total. The van der Waals surface area contributed by atoms with E-state index in [0.717, 1.165) is 10.9 Å². The predicted octanol–water partition coefficient (Wildman–Crippen LogP) is 3.63. The van der Waals surface area contributed by atoms with E-state index in [-0.39, 0.29) is 17.2 Å². The Morgan fingerprint density at radius 1 is 1.22 bits per heavy atom. The average Bonchev–Trinajstić information content (AvgIpc) is 2.66. The van der Waals surface area contributed by atoms with Crippen molar-refractivity contribution >= 4 is 22.5 Å². The molecule has 1 aromatic carbocycles. The summed E-state index contributed by atoms with van der Waals surface area (Å²) in [4.78, 5) is 20.8. The number of anilines is 1. The lowest BCUT2D eigenvalue weighted by atomic mass is 10.2. The van der Waals surface area contributed by atoms with E-state index >= 15 is 0 Å². The van der Waals surface area contributed by atoms with Crippen LogP contribution in [0.15, 0.2) is 42.6 Å². The van der Waals surface area contributed by atoms with Gasteiger partial charge >= 0.3 is 0 Å². The Morgan fingerprint density at radius 2 is 2.04 bits per heavy atom. The Balaban J connectivity index is 1.79. The Morgan fingerprint density at radius 3 is 2.78 bits per heavy atom. The highest BCUT2D eigenvalue weighted by atomic mass is 16.5. The van der Waals surface area contributed by atoms with Crippen molar-refractivity contribution in [3.8, 4) is 17.4 Å². The van der Waals surface area contributed by atoms with Crippen LogP contribution in [0.5, 0.6) is 17.4 Å². The van der Waals surface area contributed by atoms with Crippen molar-refractivity contribution in [3.05, 3.63) is 48.3 Å². The molecule has 0 unspecified atom stereocenters. The van der Waals surface area contributed by atoms with Crippen LogP contribution in [0.25, 0.3) is 10.9 Å². The van der Waals surface area contributed by atoms with E-state index < -0.39 is 5.91 Å². The molecule has 2 heterocycles. The van der Waals surface area contributed by atoms with Crippen molar-refractivity contribution in [1.82, 2.24) is 9.97 Å². The van der Waals surface area contributed by atoms with Gasteiger partial charge < -0.3 is 19.9 Å². The molecule has 0 saturated heterocycles. The Labute approximate surface area is 157 Å². The third-order valence-corrected chi connectivity index (χ3v) is 3.81. The molecule has 1 amide bonds. The van der Waals surface area contributed by atoms with Gasteiger partial charge in [0.15, 0.2) is 17.2 Å². The first kappa shape index (κ1) is 18.4. The van der Waals surface area contributed by atoms with Crippen LogP contribution in [0.1, 0.15) is 24.3 Å². The maximum atomic E-state index is 12.4. The number of carbonyl (C=O) groups is 1. The molecular formula is C20H21N3O4. The molecule has 27 heavy (non-hydrogen) atoms. The zero-order valence-corrected chi connectivity index (χ0v) is 15.4. The first-order valence-corrected chi connectivity index (χ1v) is 8.55. The molecule has 0 saturated carbocycles.